The van der Waals surface area contributed by atoms with E-state index in [0.717, 1.165) is 9.89 Å². The van der Waals surface area contributed by atoms with Crippen molar-refractivity contribution in [2.75, 3.05) is 5.43 Å². The lowest BCUT2D eigenvalue weighted by atomic mass is 9.49. The Labute approximate surface area is 308 Å². The first-order valence-electron chi connectivity index (χ1n) is 16.3. The first-order chi connectivity index (χ1) is 24.8. The highest BCUT2D eigenvalue weighted by Crippen LogP contribution is 2.64. The fourth-order valence-corrected chi connectivity index (χ4v) is 9.63. The minimum atomic E-state index is -4.74. The number of thiophene rings is 1. The molecule has 0 radical (unpaired) electrons. The number of anilines is 1. The normalized spacial score (nSPS) is 27.0. The van der Waals surface area contributed by atoms with Crippen LogP contribution in [-0.4, -0.2) is 43.6 Å². The number of alkyl halides is 3. The van der Waals surface area contributed by atoms with Gasteiger partial charge in [0.1, 0.15) is 5.75 Å². The van der Waals surface area contributed by atoms with E-state index in [1.165, 1.54) is 28.4 Å². The van der Waals surface area contributed by atoms with E-state index in [0.29, 0.717) is 34.0 Å². The number of likely N-dealkylation sites (tertiary alicyclic amines) is 1. The highest BCUT2D eigenvalue weighted by molar-refractivity contribution is 7.09. The van der Waals surface area contributed by atoms with E-state index in [9.17, 15) is 32.7 Å². The summed E-state index contributed by atoms with van der Waals surface area (Å²) < 4.78 is 40.3. The van der Waals surface area contributed by atoms with Gasteiger partial charge in [-0.1, -0.05) is 65.2 Å². The van der Waals surface area contributed by atoms with Crippen molar-refractivity contribution >= 4 is 64.0 Å². The Morgan fingerprint density at radius 3 is 2.35 bits per heavy atom. The van der Waals surface area contributed by atoms with Gasteiger partial charge in [-0.15, -0.1) is 11.3 Å². The number of amides is 4. The van der Waals surface area contributed by atoms with Crippen LogP contribution in [0.5, 0.6) is 5.75 Å². The molecule has 0 spiro atoms. The summed E-state index contributed by atoms with van der Waals surface area (Å²) in [5, 5.41) is 12.8. The Bertz CT molecular complexity index is 2160. The van der Waals surface area contributed by atoms with E-state index >= 15 is 4.79 Å². The van der Waals surface area contributed by atoms with E-state index in [1.807, 2.05) is 23.6 Å². The third kappa shape index (κ3) is 5.23. The van der Waals surface area contributed by atoms with Crippen molar-refractivity contribution < 1.29 is 37.5 Å². The number of nitrogens with one attached hydrogen (secondary N) is 1. The molecule has 9 nitrogen and oxygen atoms in total. The van der Waals surface area contributed by atoms with Crippen LogP contribution in [0.2, 0.25) is 10.0 Å². The summed E-state index contributed by atoms with van der Waals surface area (Å²) in [6, 6.07) is 17.1. The van der Waals surface area contributed by atoms with Gasteiger partial charge < -0.3 is 5.11 Å². The molecule has 2 saturated heterocycles. The fourth-order valence-electron chi connectivity index (χ4n) is 8.60. The third-order valence-electron chi connectivity index (χ3n) is 10.8. The Kier molecular flexibility index (Phi) is 8.23. The second kappa shape index (κ2) is 12.5. The molecule has 6 unspecified atom stereocenters. The van der Waals surface area contributed by atoms with Crippen LogP contribution in [0.3, 0.4) is 0 Å². The van der Waals surface area contributed by atoms with Gasteiger partial charge in [-0.2, -0.15) is 18.2 Å². The van der Waals surface area contributed by atoms with Crippen molar-refractivity contribution in [2.45, 2.75) is 36.9 Å². The molecule has 4 amide bonds. The van der Waals surface area contributed by atoms with Gasteiger partial charge in [0.05, 0.1) is 40.3 Å². The number of phenolic OH excluding ortho intramolecular Hbond substituents is 1. The van der Waals surface area contributed by atoms with Crippen LogP contribution in [0, 0.1) is 23.7 Å². The summed E-state index contributed by atoms with van der Waals surface area (Å²) >= 11 is 14.0. The van der Waals surface area contributed by atoms with Crippen LogP contribution in [0.4, 0.5) is 19.0 Å². The molecule has 4 aromatic rings. The molecule has 2 aliphatic carbocycles. The van der Waals surface area contributed by atoms with Gasteiger partial charge in [0.15, 0.2) is 5.82 Å². The van der Waals surface area contributed by atoms with Gasteiger partial charge in [-0.3, -0.25) is 29.5 Å². The van der Waals surface area contributed by atoms with Crippen molar-refractivity contribution in [3.8, 4) is 5.75 Å². The number of carbonyl (C=O) groups excluding carboxylic acids is 4. The Hall–Kier alpha value is -4.72. The summed E-state index contributed by atoms with van der Waals surface area (Å²) in [5.41, 5.74) is 1.53. The quantitative estimate of drug-likeness (QED) is 0.156. The Balaban J connectivity index is 1.28. The highest BCUT2D eigenvalue weighted by Gasteiger charge is 2.70. The van der Waals surface area contributed by atoms with Crippen molar-refractivity contribution in [1.82, 2.24) is 14.9 Å². The lowest BCUT2D eigenvalue weighted by molar-refractivity contribution is -0.142. The van der Waals surface area contributed by atoms with Gasteiger partial charge in [-0.25, -0.2) is 4.98 Å². The number of carbonyl (C=O) groups is 4. The predicted molar refractivity (Wildman–Crippen MR) is 185 cm³/mol. The summed E-state index contributed by atoms with van der Waals surface area (Å²) in [4.78, 5) is 63.8. The van der Waals surface area contributed by atoms with Gasteiger partial charge in [-0.05, 0) is 71.7 Å². The number of aromatic hydroxyl groups is 1. The number of phenols is 1. The first-order valence-corrected chi connectivity index (χ1v) is 17.9. The van der Waals surface area contributed by atoms with Crippen LogP contribution in [-0.2, 0) is 37.3 Å². The minimum Gasteiger partial charge on any atom is -0.508 e. The van der Waals surface area contributed by atoms with Crippen LogP contribution >= 0.6 is 34.5 Å². The van der Waals surface area contributed by atoms with E-state index in [1.54, 1.807) is 36.4 Å². The summed E-state index contributed by atoms with van der Waals surface area (Å²) in [6.07, 6.45) is -2.05. The molecule has 2 aromatic carbocycles. The zero-order valence-electron chi connectivity index (χ0n) is 26.8. The SMILES string of the molecule is O=C1C2CC=C3C(CC4C(=O)N(Nc5ncc(C(F)(F)F)cc5Cl)C(=O)C4(c4ccc(Cl)cc4)C3c3ccc(O)cc3)C2C(=O)N1Cc1cccs1. The molecule has 266 valence electrons. The second-order valence-corrected chi connectivity index (χ2v) is 15.2. The maximum Gasteiger partial charge on any atom is 0.417 e. The van der Waals surface area contributed by atoms with Crippen LogP contribution in [0.15, 0.2) is 90.0 Å². The largest absolute Gasteiger partial charge is 0.508 e. The van der Waals surface area contributed by atoms with Gasteiger partial charge in [0.25, 0.3) is 11.8 Å². The lowest BCUT2D eigenvalue weighted by Crippen LogP contribution is -2.53. The maximum absolute atomic E-state index is 15.2. The topological polar surface area (TPSA) is 120 Å². The fraction of sp³-hybridized carbons (Fsp3) is 0.270. The van der Waals surface area contributed by atoms with Gasteiger partial charge in [0.2, 0.25) is 11.8 Å². The van der Waals surface area contributed by atoms with Crippen molar-refractivity contribution in [2.24, 2.45) is 23.7 Å². The monoisotopic (exact) mass is 766 g/mol. The number of halogens is 5. The van der Waals surface area contributed by atoms with Crippen LogP contribution < -0.4 is 5.43 Å². The number of pyridine rings is 1. The lowest BCUT2D eigenvalue weighted by Gasteiger charge is -2.50. The number of hydrazine groups is 1. The molecule has 4 heterocycles. The van der Waals surface area contributed by atoms with Crippen molar-refractivity contribution in [1.29, 1.82) is 0 Å². The molecule has 52 heavy (non-hydrogen) atoms. The van der Waals surface area contributed by atoms with Crippen molar-refractivity contribution in [3.05, 3.63) is 122 Å². The number of aromatic nitrogens is 1. The Morgan fingerprint density at radius 1 is 0.962 bits per heavy atom. The van der Waals surface area contributed by atoms with Gasteiger partial charge in [0, 0.05) is 22.0 Å². The number of rotatable bonds is 6. The molecule has 15 heteroatoms. The zero-order chi connectivity index (χ0) is 36.7. The predicted octanol–water partition coefficient (Wildman–Crippen LogP) is 7.36. The molecular weight excluding hydrogens is 740 g/mol. The van der Waals surface area contributed by atoms with E-state index in [2.05, 4.69) is 10.4 Å². The minimum absolute atomic E-state index is 0.00694. The smallest absolute Gasteiger partial charge is 0.417 e. The van der Waals surface area contributed by atoms with E-state index in [4.69, 9.17) is 23.2 Å². The molecule has 2 aromatic heterocycles. The average molecular weight is 768 g/mol. The van der Waals surface area contributed by atoms with E-state index in [-0.39, 0.29) is 42.8 Å². The van der Waals surface area contributed by atoms with Crippen molar-refractivity contribution in [3.63, 3.8) is 0 Å². The molecule has 1 saturated carbocycles. The highest BCUT2D eigenvalue weighted by atomic mass is 35.5. The number of imide groups is 2. The molecule has 2 aliphatic heterocycles. The third-order valence-corrected chi connectivity index (χ3v) is 12.2. The number of hydrogen-bond donors (Lipinski definition) is 2. The Morgan fingerprint density at radius 2 is 1.69 bits per heavy atom. The number of fused-ring (bicyclic) bond motifs is 4. The van der Waals surface area contributed by atoms with Crippen LogP contribution in [0.25, 0.3) is 0 Å². The summed E-state index contributed by atoms with van der Waals surface area (Å²) in [7, 11) is 0. The van der Waals surface area contributed by atoms with Crippen LogP contribution in [0.1, 0.15) is 40.3 Å². The number of hydrogen-bond acceptors (Lipinski definition) is 8. The van der Waals surface area contributed by atoms with Gasteiger partial charge >= 0.3 is 6.18 Å². The molecule has 8 rings (SSSR count). The molecule has 3 fully saturated rings. The standard InChI is InChI=1S/C37H27Cl2F3N4O5S/c38-21-7-5-19(6-8-21)36-27(33(49)46(35(36)51)44-31-28(39)14-20(16-43-31)37(40,41)42)15-26-24(30(36)18-3-9-22(47)10-4-18)11-12-25-29(26)34(50)45(32(25)48)17-23-2-1-13-52-23/h1-11,13-14,16,25-27,29-30,47H,12,15,17H2,(H,43,44). The molecule has 6 atom stereocenters. The molecular formula is C37H27Cl2F3N4O5S. The summed E-state index contributed by atoms with van der Waals surface area (Å²) in [6.45, 7) is 0.125. The molecule has 4 aliphatic rings. The molecule has 0 bridgehead atoms. The number of nitrogens with zero attached hydrogens (tertiary/aromatic N) is 3. The summed E-state index contributed by atoms with van der Waals surface area (Å²) in [5.74, 6) is -6.57. The second-order valence-electron chi connectivity index (χ2n) is 13.4. The average Bonchev–Trinajstić information content (AvgIpc) is 3.77. The zero-order valence-corrected chi connectivity index (χ0v) is 29.1. The maximum atomic E-state index is 15.2. The molecule has 2 N–H and O–H groups in total. The van der Waals surface area contributed by atoms with E-state index < -0.39 is 63.6 Å². The number of benzene rings is 2. The number of allylic oxidation sites excluding steroid dienone is 2. The first kappa shape index (κ1) is 34.4.